The average Bonchev–Trinajstić information content (AvgIpc) is 3.27. The van der Waals surface area contributed by atoms with Crippen LogP contribution in [0.3, 0.4) is 0 Å². The minimum Gasteiger partial charge on any atom is -0.481 e. The van der Waals surface area contributed by atoms with Crippen molar-refractivity contribution >= 4 is 60.8 Å². The minimum atomic E-state index is -3.89. The van der Waals surface area contributed by atoms with Crippen molar-refractivity contribution in [2.24, 2.45) is 10.7 Å². The number of aliphatic imine (C=N–C) groups is 1. The number of sulfonamides is 1. The first-order chi connectivity index (χ1) is 16.6. The number of nitrogens with zero attached hydrogens (tertiary/aromatic N) is 3. The number of benzene rings is 2. The van der Waals surface area contributed by atoms with Crippen LogP contribution in [0.5, 0.6) is 0 Å². The molecule has 1 aromatic heterocycles. The van der Waals surface area contributed by atoms with E-state index in [2.05, 4.69) is 4.99 Å². The zero-order chi connectivity index (χ0) is 25.3. The fourth-order valence-corrected chi connectivity index (χ4v) is 7.30. The summed E-state index contributed by atoms with van der Waals surface area (Å²) in [5.41, 5.74) is 6.81. The Hall–Kier alpha value is -2.99. The summed E-state index contributed by atoms with van der Waals surface area (Å²) in [7, 11) is -2.32. The largest absolute Gasteiger partial charge is 0.481 e. The normalized spacial score (nSPS) is 17.6. The molecule has 1 atom stereocenters. The molecule has 3 N–H and O–H groups in total. The molecule has 2 heterocycles. The van der Waals surface area contributed by atoms with Gasteiger partial charge in [0.1, 0.15) is 10.0 Å². The molecule has 0 radical (unpaired) electrons. The van der Waals surface area contributed by atoms with Crippen LogP contribution >= 0.6 is 22.9 Å². The van der Waals surface area contributed by atoms with Crippen LogP contribution in [-0.2, 0) is 14.8 Å². The Balaban J connectivity index is 1.58. The molecule has 0 bridgehead atoms. The fourth-order valence-electron chi connectivity index (χ4n) is 4.00. The molecule has 0 saturated carbocycles. The van der Waals surface area contributed by atoms with Gasteiger partial charge in [0.25, 0.3) is 15.9 Å². The smallest absolute Gasteiger partial charge is 0.305 e. The molecule has 1 amide bonds. The summed E-state index contributed by atoms with van der Waals surface area (Å²) in [5, 5.41) is 10.7. The van der Waals surface area contributed by atoms with E-state index in [1.165, 1.54) is 9.21 Å². The second kappa shape index (κ2) is 9.94. The molecule has 3 aromatic rings. The number of nitrogens with two attached hydrogens (primary N) is 1. The maximum absolute atomic E-state index is 13.4. The molecule has 35 heavy (non-hydrogen) atoms. The van der Waals surface area contributed by atoms with E-state index in [1.54, 1.807) is 55.6 Å². The summed E-state index contributed by atoms with van der Waals surface area (Å²) in [6.45, 7) is -0.0113. The van der Waals surface area contributed by atoms with Gasteiger partial charge in [0.15, 0.2) is 0 Å². The van der Waals surface area contributed by atoms with E-state index < -0.39 is 22.0 Å². The van der Waals surface area contributed by atoms with Crippen LogP contribution in [0, 0.1) is 0 Å². The summed E-state index contributed by atoms with van der Waals surface area (Å²) in [6.07, 6.45) is -0.382. The lowest BCUT2D eigenvalue weighted by molar-refractivity contribution is -0.138. The van der Waals surface area contributed by atoms with Crippen molar-refractivity contribution in [3.8, 4) is 0 Å². The molecule has 9 nitrogen and oxygen atoms in total. The highest BCUT2D eigenvalue weighted by atomic mass is 35.5. The number of aliphatic carboxylic acids is 1. The highest BCUT2D eigenvalue weighted by molar-refractivity contribution is 7.91. The molecule has 1 aliphatic rings. The standard InChI is InChI=1S/C23H23ClN4O5S2/c1-26-22(25)14-2-4-15(5-3-14)23(31)28-9-8-27(13-18(28)12-20(29)30)35(32,33)21-10-16-6-7-17(24)11-19(16)34-21/h2-7,10-11,18H,8-9,12-13H2,1H3,(H2,25,26)(H,29,30). The van der Waals surface area contributed by atoms with Crippen LogP contribution in [0.2, 0.25) is 5.02 Å². The summed E-state index contributed by atoms with van der Waals surface area (Å²) in [5.74, 6) is -1.16. The molecule has 1 saturated heterocycles. The van der Waals surface area contributed by atoms with Gasteiger partial charge in [-0.15, -0.1) is 11.3 Å². The molecule has 1 fully saturated rings. The second-order valence-corrected chi connectivity index (χ2v) is 11.7. The van der Waals surface area contributed by atoms with Crippen molar-refractivity contribution in [2.45, 2.75) is 16.7 Å². The van der Waals surface area contributed by atoms with Gasteiger partial charge in [-0.1, -0.05) is 29.8 Å². The van der Waals surface area contributed by atoms with Gasteiger partial charge < -0.3 is 15.7 Å². The first-order valence-electron chi connectivity index (χ1n) is 10.6. The van der Waals surface area contributed by atoms with Gasteiger partial charge in [-0.25, -0.2) is 8.42 Å². The van der Waals surface area contributed by atoms with Crippen LogP contribution in [-0.4, -0.2) is 73.2 Å². The van der Waals surface area contributed by atoms with Gasteiger partial charge in [-0.05, 0) is 35.7 Å². The number of amides is 1. The van der Waals surface area contributed by atoms with Gasteiger partial charge in [-0.3, -0.25) is 14.6 Å². The molecule has 0 spiro atoms. The number of hydrogen-bond donors (Lipinski definition) is 2. The van der Waals surface area contributed by atoms with Crippen LogP contribution in [0.15, 0.2) is 57.7 Å². The number of thiophene rings is 1. The van der Waals surface area contributed by atoms with E-state index >= 15 is 0 Å². The predicted molar refractivity (Wildman–Crippen MR) is 136 cm³/mol. The highest BCUT2D eigenvalue weighted by Crippen LogP contribution is 2.33. The average molecular weight is 535 g/mol. The number of fused-ring (bicyclic) bond motifs is 1. The van der Waals surface area contributed by atoms with Crippen LogP contribution in [0.1, 0.15) is 22.3 Å². The maximum atomic E-state index is 13.4. The molecule has 12 heteroatoms. The third-order valence-electron chi connectivity index (χ3n) is 5.84. The van der Waals surface area contributed by atoms with Crippen molar-refractivity contribution < 1.29 is 23.1 Å². The van der Waals surface area contributed by atoms with Crippen molar-refractivity contribution in [1.29, 1.82) is 0 Å². The number of carbonyl (C=O) groups is 2. The lowest BCUT2D eigenvalue weighted by atomic mass is 10.1. The first kappa shape index (κ1) is 25.1. The van der Waals surface area contributed by atoms with Gasteiger partial charge in [-0.2, -0.15) is 4.31 Å². The molecule has 1 unspecified atom stereocenters. The van der Waals surface area contributed by atoms with Gasteiger partial charge in [0, 0.05) is 47.5 Å². The lowest BCUT2D eigenvalue weighted by Crippen LogP contribution is -2.57. The van der Waals surface area contributed by atoms with Gasteiger partial charge in [0.2, 0.25) is 0 Å². The van der Waals surface area contributed by atoms with E-state index in [0.29, 0.717) is 22.0 Å². The Morgan fingerprint density at radius 3 is 2.49 bits per heavy atom. The van der Waals surface area contributed by atoms with Gasteiger partial charge in [0.05, 0.1) is 12.5 Å². The summed E-state index contributed by atoms with van der Waals surface area (Å²) >= 11 is 7.13. The molecule has 4 rings (SSSR count). The second-order valence-electron chi connectivity index (χ2n) is 8.05. The summed E-state index contributed by atoms with van der Waals surface area (Å²) in [4.78, 5) is 30.1. The van der Waals surface area contributed by atoms with Crippen LogP contribution < -0.4 is 5.73 Å². The number of rotatable bonds is 6. The Morgan fingerprint density at radius 1 is 1.14 bits per heavy atom. The van der Waals surface area contributed by atoms with Crippen LogP contribution in [0.4, 0.5) is 0 Å². The predicted octanol–water partition coefficient (Wildman–Crippen LogP) is 2.88. The zero-order valence-corrected chi connectivity index (χ0v) is 21.1. The Kier molecular flexibility index (Phi) is 7.13. The molecule has 2 aromatic carbocycles. The monoisotopic (exact) mass is 534 g/mol. The van der Waals surface area contributed by atoms with E-state index in [4.69, 9.17) is 17.3 Å². The number of hydrogen-bond acceptors (Lipinski definition) is 6. The Morgan fingerprint density at radius 2 is 1.83 bits per heavy atom. The van der Waals surface area contributed by atoms with Crippen molar-refractivity contribution in [2.75, 3.05) is 26.7 Å². The van der Waals surface area contributed by atoms with E-state index in [0.717, 1.165) is 21.4 Å². The van der Waals surface area contributed by atoms with Gasteiger partial charge >= 0.3 is 5.97 Å². The summed E-state index contributed by atoms with van der Waals surface area (Å²) < 4.78 is 28.9. The minimum absolute atomic E-state index is 0.0483. The molecular formula is C23H23ClN4O5S2. The van der Waals surface area contributed by atoms with E-state index in [9.17, 15) is 23.1 Å². The fraction of sp³-hybridized carbons (Fsp3) is 0.261. The topological polar surface area (TPSA) is 133 Å². The van der Waals surface area contributed by atoms with E-state index in [-0.39, 0.29) is 36.2 Å². The van der Waals surface area contributed by atoms with Crippen molar-refractivity contribution in [1.82, 2.24) is 9.21 Å². The zero-order valence-electron chi connectivity index (χ0n) is 18.7. The Bertz CT molecular complexity index is 1420. The molecule has 0 aliphatic carbocycles. The van der Waals surface area contributed by atoms with Crippen molar-refractivity contribution in [3.05, 3.63) is 64.7 Å². The maximum Gasteiger partial charge on any atom is 0.305 e. The molecule has 184 valence electrons. The number of halogens is 1. The number of amidine groups is 1. The van der Waals surface area contributed by atoms with Crippen molar-refractivity contribution in [3.63, 3.8) is 0 Å². The highest BCUT2D eigenvalue weighted by Gasteiger charge is 2.38. The van der Waals surface area contributed by atoms with Crippen LogP contribution in [0.25, 0.3) is 10.1 Å². The quantitative estimate of drug-likeness (QED) is 0.369. The number of carboxylic acid groups (broad SMARTS) is 1. The number of piperazine rings is 1. The SMILES string of the molecule is CN=C(N)c1ccc(C(=O)N2CCN(S(=O)(=O)c3cc4ccc(Cl)cc4s3)CC2CC(=O)O)cc1. The molecular weight excluding hydrogens is 512 g/mol. The Labute approximate surface area is 211 Å². The number of carbonyl (C=O) groups excluding carboxylic acids is 1. The third kappa shape index (κ3) is 5.18. The number of carboxylic acids is 1. The van der Waals surface area contributed by atoms with E-state index in [1.807, 2.05) is 0 Å². The summed E-state index contributed by atoms with van der Waals surface area (Å²) in [6, 6.07) is 12.4. The third-order valence-corrected chi connectivity index (χ3v) is 9.49. The first-order valence-corrected chi connectivity index (χ1v) is 13.3. The molecule has 1 aliphatic heterocycles. The lowest BCUT2D eigenvalue weighted by Gasteiger charge is -2.40.